The van der Waals surface area contributed by atoms with Gasteiger partial charge < -0.3 is 10.5 Å². The van der Waals surface area contributed by atoms with Crippen molar-refractivity contribution < 1.29 is 14.9 Å². The van der Waals surface area contributed by atoms with Crippen LogP contribution >= 0.6 is 0 Å². The lowest BCUT2D eigenvalue weighted by Gasteiger charge is -1.96. The van der Waals surface area contributed by atoms with Crippen LogP contribution in [0.2, 0.25) is 0 Å². The van der Waals surface area contributed by atoms with Crippen LogP contribution in [0.15, 0.2) is 29.4 Å². The Balaban J connectivity index is 2.61. The van der Waals surface area contributed by atoms with Crippen molar-refractivity contribution in [1.29, 1.82) is 0 Å². The summed E-state index contributed by atoms with van der Waals surface area (Å²) in [6, 6.07) is 7.13. The molecule has 0 aromatic heterocycles. The average Bonchev–Trinajstić information content (AvgIpc) is 2.29. The first-order valence-corrected chi connectivity index (χ1v) is 4.59. The molecule has 0 spiro atoms. The van der Waals surface area contributed by atoms with Gasteiger partial charge in [0.1, 0.15) is 5.75 Å². The molecule has 0 aliphatic rings. The maximum Gasteiger partial charge on any atom is 0.319 e. The maximum absolute atomic E-state index is 10.00. The molecule has 4 N–H and O–H groups in total. The first-order valence-electron chi connectivity index (χ1n) is 4.59. The number of hydrogen-bond donors (Lipinski definition) is 3. The normalized spacial score (nSPS) is 11.5. The summed E-state index contributed by atoms with van der Waals surface area (Å²) in [4.78, 5) is 10.00. The lowest BCUT2D eigenvalue weighted by Crippen LogP contribution is -2.64. The van der Waals surface area contributed by atoms with E-state index in [0.29, 0.717) is 0 Å². The van der Waals surface area contributed by atoms with Gasteiger partial charge in [-0.05, 0) is 24.3 Å². The van der Waals surface area contributed by atoms with Gasteiger partial charge in [-0.2, -0.15) is 0 Å². The quantitative estimate of drug-likeness (QED) is 0.248. The summed E-state index contributed by atoms with van der Waals surface area (Å²) in [5, 5.41) is 15.2. The molecule has 0 bridgehead atoms. The third-order valence-corrected chi connectivity index (χ3v) is 1.74. The van der Waals surface area contributed by atoms with Crippen molar-refractivity contribution in [3.8, 4) is 5.75 Å². The van der Waals surface area contributed by atoms with E-state index < -0.39 is 5.03 Å². The van der Waals surface area contributed by atoms with Crippen LogP contribution in [0, 0.1) is 10.1 Å². The third-order valence-electron chi connectivity index (χ3n) is 1.74. The molecule has 0 amide bonds. The van der Waals surface area contributed by atoms with Crippen LogP contribution in [0.4, 0.5) is 0 Å². The molecule has 17 heavy (non-hydrogen) atoms. The Bertz CT molecular complexity index is 440. The van der Waals surface area contributed by atoms with Crippen molar-refractivity contribution in [3.63, 3.8) is 0 Å². The lowest BCUT2D eigenvalue weighted by atomic mass is 10.2. The highest BCUT2D eigenvalue weighted by Gasteiger charge is 2.00. The molecular weight excluding hydrogens is 226 g/mol. The molecule has 0 aliphatic heterocycles. The minimum Gasteiger partial charge on any atom is -0.497 e. The van der Waals surface area contributed by atoms with Gasteiger partial charge in [0.15, 0.2) is 5.03 Å². The van der Waals surface area contributed by atoms with Crippen LogP contribution in [0.25, 0.3) is 0 Å². The van der Waals surface area contributed by atoms with Gasteiger partial charge in [0.2, 0.25) is 6.21 Å². The number of nitrogens with two attached hydrogens (primary N) is 1. The Morgan fingerprint density at radius 1 is 1.59 bits per heavy atom. The fraction of sp³-hybridized carbons (Fsp3) is 0.111. The van der Waals surface area contributed by atoms with Gasteiger partial charge in [0.25, 0.3) is 0 Å². The second kappa shape index (κ2) is 6.05. The summed E-state index contributed by atoms with van der Waals surface area (Å²) in [5.74, 6) is 0.403. The van der Waals surface area contributed by atoms with Crippen LogP contribution in [0.3, 0.4) is 0 Å². The second-order valence-corrected chi connectivity index (χ2v) is 2.91. The van der Waals surface area contributed by atoms with E-state index in [1.54, 1.807) is 36.8 Å². The molecule has 0 saturated heterocycles. The smallest absolute Gasteiger partial charge is 0.319 e. The van der Waals surface area contributed by atoms with Gasteiger partial charge in [-0.15, -0.1) is 5.10 Å². The van der Waals surface area contributed by atoms with Gasteiger partial charge in [0, 0.05) is 10.7 Å². The van der Waals surface area contributed by atoms with Gasteiger partial charge >= 0.3 is 5.96 Å². The molecule has 0 radical (unpaired) electrons. The molecule has 0 atom stereocenters. The topological polar surface area (TPSA) is 117 Å². The Morgan fingerprint density at radius 3 is 2.76 bits per heavy atom. The Labute approximate surface area is 96.9 Å². The van der Waals surface area contributed by atoms with E-state index in [1.165, 1.54) is 6.21 Å². The number of ether oxygens (including phenoxy) is 1. The molecular formula is C9H12N5O3+. The Kier molecular flexibility index (Phi) is 4.43. The van der Waals surface area contributed by atoms with Gasteiger partial charge in [-0.25, -0.2) is 10.1 Å². The molecule has 1 rings (SSSR count). The van der Waals surface area contributed by atoms with E-state index in [0.717, 1.165) is 11.3 Å². The number of methoxy groups -OCH3 is 1. The first kappa shape index (κ1) is 12.4. The highest BCUT2D eigenvalue weighted by molar-refractivity contribution is 5.77. The number of hydrazone groups is 1. The molecule has 0 saturated carbocycles. The van der Waals surface area contributed by atoms with Gasteiger partial charge in [-0.3, -0.25) is 0 Å². The zero-order valence-corrected chi connectivity index (χ0v) is 9.08. The average molecular weight is 238 g/mol. The number of nitrogens with one attached hydrogen (secondary N) is 2. The molecule has 0 unspecified atom stereocenters. The van der Waals surface area contributed by atoms with Crippen LogP contribution in [-0.4, -0.2) is 24.3 Å². The largest absolute Gasteiger partial charge is 0.497 e. The van der Waals surface area contributed by atoms with Gasteiger partial charge in [-0.1, -0.05) is 5.43 Å². The fourth-order valence-electron chi connectivity index (χ4n) is 0.995. The minimum atomic E-state index is -0.798. The summed E-state index contributed by atoms with van der Waals surface area (Å²) in [6.45, 7) is 0. The number of hydrogen-bond acceptors (Lipinski definition) is 4. The standard InChI is InChI=1S/C9H11N5O3/c1-17-8-4-2-7(3-5-8)6-11-12-9(10)13-14(15)16/h2-6H,1H3,(H3,10,12,13)/p+1. The van der Waals surface area contributed by atoms with E-state index in [-0.39, 0.29) is 5.96 Å². The second-order valence-electron chi connectivity index (χ2n) is 2.91. The van der Waals surface area contributed by atoms with Crippen LogP contribution < -0.4 is 21.0 Å². The number of guanidine groups is 1. The van der Waals surface area contributed by atoms with Crippen molar-refractivity contribution in [2.45, 2.75) is 0 Å². The highest BCUT2D eigenvalue weighted by Crippen LogP contribution is 2.08. The first-order chi connectivity index (χ1) is 8.11. The van der Waals surface area contributed by atoms with Crippen LogP contribution in [0.5, 0.6) is 5.75 Å². The summed E-state index contributed by atoms with van der Waals surface area (Å²) >= 11 is 0. The number of nitrogens with zero attached hydrogens (tertiary/aromatic N) is 2. The molecule has 1 aromatic carbocycles. The van der Waals surface area contributed by atoms with E-state index in [9.17, 15) is 10.1 Å². The predicted octanol–water partition coefficient (Wildman–Crippen LogP) is -1.79. The molecule has 0 heterocycles. The Morgan fingerprint density at radius 2 is 2.24 bits per heavy atom. The van der Waals surface area contributed by atoms with Crippen molar-refractivity contribution in [3.05, 3.63) is 39.9 Å². The fourth-order valence-corrected chi connectivity index (χ4v) is 0.995. The predicted molar refractivity (Wildman–Crippen MR) is 60.9 cm³/mol. The zero-order valence-electron chi connectivity index (χ0n) is 9.08. The maximum atomic E-state index is 10.00. The summed E-state index contributed by atoms with van der Waals surface area (Å²) in [6.07, 6.45) is 1.54. The van der Waals surface area contributed by atoms with Gasteiger partial charge in [0.05, 0.1) is 7.11 Å². The Hall–Kier alpha value is -2.64. The zero-order chi connectivity index (χ0) is 12.7. The van der Waals surface area contributed by atoms with E-state index in [4.69, 9.17) is 10.5 Å². The molecule has 90 valence electrons. The SMILES string of the molecule is COc1ccc(C=[NH+]N=C(N)N[N+](=O)[O-])cc1. The van der Waals surface area contributed by atoms with Crippen molar-refractivity contribution in [2.75, 3.05) is 7.11 Å². The van der Waals surface area contributed by atoms with Crippen LogP contribution in [0.1, 0.15) is 5.56 Å². The lowest BCUT2D eigenvalue weighted by molar-refractivity contribution is -0.528. The molecule has 8 heteroatoms. The molecule has 0 fully saturated rings. The number of rotatable bonds is 4. The summed E-state index contributed by atoms with van der Waals surface area (Å²) < 4.78 is 4.99. The van der Waals surface area contributed by atoms with E-state index >= 15 is 0 Å². The third kappa shape index (κ3) is 4.60. The number of hydrazine groups is 1. The molecule has 1 aromatic rings. The van der Waals surface area contributed by atoms with Crippen molar-refractivity contribution >= 4 is 12.2 Å². The summed E-state index contributed by atoms with van der Waals surface area (Å²) in [7, 11) is 1.57. The van der Waals surface area contributed by atoms with Crippen molar-refractivity contribution in [2.24, 2.45) is 10.8 Å². The molecule has 8 nitrogen and oxygen atoms in total. The highest BCUT2D eigenvalue weighted by atomic mass is 16.7. The van der Waals surface area contributed by atoms with E-state index in [1.807, 2.05) is 0 Å². The van der Waals surface area contributed by atoms with Crippen molar-refractivity contribution in [1.82, 2.24) is 5.43 Å². The minimum absolute atomic E-state index is 0.334. The number of benzene rings is 1. The van der Waals surface area contributed by atoms with Crippen LogP contribution in [-0.2, 0) is 0 Å². The monoisotopic (exact) mass is 238 g/mol. The van der Waals surface area contributed by atoms with E-state index in [2.05, 4.69) is 10.2 Å². The molecule has 0 aliphatic carbocycles. The number of nitro groups is 1. The summed E-state index contributed by atoms with van der Waals surface area (Å²) in [5.41, 5.74) is 7.70.